The van der Waals surface area contributed by atoms with E-state index in [1.165, 1.54) is 17.9 Å². The number of nitrogens with zero attached hydrogens (tertiary/aromatic N) is 1. The highest BCUT2D eigenvalue weighted by Crippen LogP contribution is 2.51. The SMILES string of the molecule is COc1ccc(CCN(C(=O)C(Cl)(Cl)Cl)C2=CCC3(CC2)SCCCS3)cc1OC. The fourth-order valence-electron chi connectivity index (χ4n) is 3.73. The molecule has 2 aliphatic rings. The molecule has 1 fully saturated rings. The largest absolute Gasteiger partial charge is 0.493 e. The number of carbonyl (C=O) groups excluding carboxylic acids is 1. The van der Waals surface area contributed by atoms with Crippen LogP contribution in [0, 0.1) is 0 Å². The predicted octanol–water partition coefficient (Wildman–Crippen LogP) is 6.08. The van der Waals surface area contributed by atoms with Crippen LogP contribution in [-0.4, -0.2) is 50.9 Å². The summed E-state index contributed by atoms with van der Waals surface area (Å²) in [4.78, 5) is 14.6. The molecule has 1 amide bonds. The number of hydrogen-bond donors (Lipinski definition) is 0. The van der Waals surface area contributed by atoms with E-state index in [2.05, 4.69) is 6.08 Å². The monoisotopic (exact) mass is 509 g/mol. The fraction of sp³-hybridized carbons (Fsp3) is 0.571. The number of alkyl halides is 3. The number of rotatable bonds is 6. The van der Waals surface area contributed by atoms with Crippen molar-refractivity contribution >= 4 is 64.2 Å². The van der Waals surface area contributed by atoms with Crippen molar-refractivity contribution < 1.29 is 14.3 Å². The van der Waals surface area contributed by atoms with Gasteiger partial charge in [0.25, 0.3) is 9.70 Å². The maximum Gasteiger partial charge on any atom is 0.278 e. The molecule has 0 N–H and O–H groups in total. The van der Waals surface area contributed by atoms with Crippen LogP contribution in [0.2, 0.25) is 0 Å². The van der Waals surface area contributed by atoms with Crippen LogP contribution < -0.4 is 9.47 Å². The highest BCUT2D eigenvalue weighted by molar-refractivity contribution is 8.18. The second kappa shape index (κ2) is 10.5. The molecule has 9 heteroatoms. The summed E-state index contributed by atoms with van der Waals surface area (Å²) in [6.45, 7) is 0.432. The van der Waals surface area contributed by atoms with Crippen molar-refractivity contribution in [2.75, 3.05) is 32.3 Å². The molecule has 30 heavy (non-hydrogen) atoms. The number of allylic oxidation sites excluding steroid dienone is 2. The molecule has 1 aliphatic heterocycles. The van der Waals surface area contributed by atoms with Crippen molar-refractivity contribution in [1.29, 1.82) is 0 Å². The van der Waals surface area contributed by atoms with Crippen molar-refractivity contribution in [3.63, 3.8) is 0 Å². The average molecular weight is 511 g/mol. The van der Waals surface area contributed by atoms with E-state index in [9.17, 15) is 4.79 Å². The molecule has 1 aromatic carbocycles. The molecule has 0 radical (unpaired) electrons. The van der Waals surface area contributed by atoms with Gasteiger partial charge in [0.1, 0.15) is 0 Å². The Bertz CT molecular complexity index is 792. The Morgan fingerprint density at radius 3 is 2.43 bits per heavy atom. The number of thioether (sulfide) groups is 2. The topological polar surface area (TPSA) is 38.8 Å². The Morgan fingerprint density at radius 1 is 1.17 bits per heavy atom. The van der Waals surface area contributed by atoms with E-state index in [1.807, 2.05) is 41.7 Å². The molecule has 0 aromatic heterocycles. The van der Waals surface area contributed by atoms with E-state index in [-0.39, 0.29) is 4.08 Å². The molecule has 0 atom stereocenters. The Morgan fingerprint density at radius 2 is 1.87 bits per heavy atom. The van der Waals surface area contributed by atoms with Gasteiger partial charge in [0.15, 0.2) is 11.5 Å². The van der Waals surface area contributed by atoms with Crippen LogP contribution in [-0.2, 0) is 11.2 Å². The van der Waals surface area contributed by atoms with Gasteiger partial charge in [0.05, 0.1) is 18.3 Å². The molecule has 0 unspecified atom stereocenters. The van der Waals surface area contributed by atoms with Crippen LogP contribution in [0.15, 0.2) is 30.0 Å². The van der Waals surface area contributed by atoms with Crippen LogP contribution in [0.25, 0.3) is 0 Å². The summed E-state index contributed by atoms with van der Waals surface area (Å²) in [5, 5.41) is 0. The molecular formula is C21H26Cl3NO3S2. The van der Waals surface area contributed by atoms with Gasteiger partial charge in [0, 0.05) is 12.2 Å². The number of methoxy groups -OCH3 is 2. The third-order valence-corrected chi connectivity index (χ3v) is 9.31. The zero-order chi connectivity index (χ0) is 21.8. The summed E-state index contributed by atoms with van der Waals surface area (Å²) in [6.07, 6.45) is 6.79. The quantitative estimate of drug-likeness (QED) is 0.434. The molecule has 1 spiro atoms. The fourth-order valence-corrected chi connectivity index (χ4v) is 7.26. The van der Waals surface area contributed by atoms with Crippen LogP contribution in [0.5, 0.6) is 11.5 Å². The molecule has 4 nitrogen and oxygen atoms in total. The Hall–Kier alpha value is -0.400. The molecule has 1 heterocycles. The Balaban J connectivity index is 1.76. The summed E-state index contributed by atoms with van der Waals surface area (Å²) in [6, 6.07) is 5.73. The summed E-state index contributed by atoms with van der Waals surface area (Å²) in [5.41, 5.74) is 1.96. The maximum atomic E-state index is 12.9. The maximum absolute atomic E-state index is 12.9. The molecule has 1 saturated heterocycles. The summed E-state index contributed by atoms with van der Waals surface area (Å²) in [7, 11) is 3.20. The first-order chi connectivity index (χ1) is 14.3. The lowest BCUT2D eigenvalue weighted by molar-refractivity contribution is -0.128. The van der Waals surface area contributed by atoms with Crippen molar-refractivity contribution in [2.24, 2.45) is 0 Å². The number of carbonyl (C=O) groups is 1. The van der Waals surface area contributed by atoms with Gasteiger partial charge >= 0.3 is 0 Å². The normalized spacial score (nSPS) is 18.6. The van der Waals surface area contributed by atoms with Gasteiger partial charge in [0.2, 0.25) is 0 Å². The minimum atomic E-state index is -1.98. The molecule has 0 saturated carbocycles. The first kappa shape index (κ1) is 24.2. The van der Waals surface area contributed by atoms with Crippen LogP contribution in [0.1, 0.15) is 31.2 Å². The summed E-state index contributed by atoms with van der Waals surface area (Å²) in [5.74, 6) is 3.22. The molecule has 1 aliphatic carbocycles. The van der Waals surface area contributed by atoms with Gasteiger partial charge in [-0.3, -0.25) is 4.79 Å². The lowest BCUT2D eigenvalue weighted by Crippen LogP contribution is -2.41. The molecule has 166 valence electrons. The third-order valence-electron chi connectivity index (χ3n) is 5.34. The number of amides is 1. The summed E-state index contributed by atoms with van der Waals surface area (Å²) < 4.78 is 8.93. The van der Waals surface area contributed by atoms with E-state index in [0.717, 1.165) is 30.5 Å². The second-order valence-corrected chi connectivity index (χ2v) is 12.8. The molecular weight excluding hydrogens is 485 g/mol. The van der Waals surface area contributed by atoms with E-state index in [1.54, 1.807) is 19.1 Å². The van der Waals surface area contributed by atoms with Gasteiger partial charge in [-0.15, -0.1) is 23.5 Å². The Kier molecular flexibility index (Phi) is 8.47. The highest BCUT2D eigenvalue weighted by Gasteiger charge is 2.40. The first-order valence-corrected chi connectivity index (χ1v) is 12.9. The van der Waals surface area contributed by atoms with E-state index < -0.39 is 9.70 Å². The smallest absolute Gasteiger partial charge is 0.278 e. The van der Waals surface area contributed by atoms with Gasteiger partial charge in [-0.1, -0.05) is 46.9 Å². The molecule has 0 bridgehead atoms. The van der Waals surface area contributed by atoms with Crippen LogP contribution >= 0.6 is 58.3 Å². The van der Waals surface area contributed by atoms with Gasteiger partial charge < -0.3 is 14.4 Å². The summed E-state index contributed by atoms with van der Waals surface area (Å²) >= 11 is 22.0. The number of benzene rings is 1. The third kappa shape index (κ3) is 5.89. The minimum Gasteiger partial charge on any atom is -0.493 e. The predicted molar refractivity (Wildman–Crippen MR) is 129 cm³/mol. The average Bonchev–Trinajstić information content (AvgIpc) is 2.74. The minimum absolute atomic E-state index is 0.236. The molecule has 3 rings (SSSR count). The van der Waals surface area contributed by atoms with Crippen molar-refractivity contribution in [2.45, 2.75) is 40.0 Å². The van der Waals surface area contributed by atoms with Crippen LogP contribution in [0.3, 0.4) is 0 Å². The van der Waals surface area contributed by atoms with Crippen molar-refractivity contribution in [3.8, 4) is 11.5 Å². The first-order valence-electron chi connectivity index (χ1n) is 9.84. The van der Waals surface area contributed by atoms with E-state index >= 15 is 0 Å². The zero-order valence-corrected chi connectivity index (χ0v) is 21.0. The lowest BCUT2D eigenvalue weighted by atomic mass is 10.0. The number of ether oxygens (including phenoxy) is 2. The van der Waals surface area contributed by atoms with Crippen LogP contribution in [0.4, 0.5) is 0 Å². The van der Waals surface area contributed by atoms with Gasteiger partial charge in [-0.2, -0.15) is 0 Å². The Labute approximate surface area is 202 Å². The van der Waals surface area contributed by atoms with Gasteiger partial charge in [-0.05, 0) is 61.3 Å². The number of halogens is 3. The molecule has 1 aromatic rings. The van der Waals surface area contributed by atoms with Crippen molar-refractivity contribution in [1.82, 2.24) is 4.90 Å². The standard InChI is InChI=1S/C21H26Cl3NO3S2/c1-27-17-5-4-15(14-18(17)28-2)8-11-25(19(26)21(22,23)24)16-6-9-20(10-7-16)29-12-3-13-30-20/h4-6,14H,3,7-13H2,1-2H3. The highest BCUT2D eigenvalue weighted by atomic mass is 35.6. The van der Waals surface area contributed by atoms with Gasteiger partial charge in [-0.25, -0.2) is 0 Å². The zero-order valence-electron chi connectivity index (χ0n) is 17.1. The van der Waals surface area contributed by atoms with E-state index in [4.69, 9.17) is 44.3 Å². The lowest BCUT2D eigenvalue weighted by Gasteiger charge is -2.40. The number of hydrogen-bond acceptors (Lipinski definition) is 5. The second-order valence-electron chi connectivity index (χ2n) is 7.25. The van der Waals surface area contributed by atoms with Crippen molar-refractivity contribution in [3.05, 3.63) is 35.5 Å². The van der Waals surface area contributed by atoms with E-state index in [0.29, 0.717) is 24.5 Å².